The molecule has 0 aliphatic rings. The van der Waals surface area contributed by atoms with Crippen LogP contribution in [0.2, 0.25) is 0 Å². The molecule has 1 heterocycles. The van der Waals surface area contributed by atoms with Crippen molar-refractivity contribution in [3.05, 3.63) is 55.4 Å². The Morgan fingerprint density at radius 2 is 1.90 bits per heavy atom. The molecule has 1 aromatic heterocycles. The lowest BCUT2D eigenvalue weighted by Crippen LogP contribution is -2.10. The van der Waals surface area contributed by atoms with Gasteiger partial charge in [-0.1, -0.05) is 28.1 Å². The van der Waals surface area contributed by atoms with Crippen LogP contribution in [-0.2, 0) is 6.18 Å². The highest BCUT2D eigenvalue weighted by Gasteiger charge is 2.35. The Labute approximate surface area is 134 Å². The van der Waals surface area contributed by atoms with Crippen LogP contribution in [-0.4, -0.2) is 0 Å². The van der Waals surface area contributed by atoms with E-state index in [0.29, 0.717) is 0 Å². The zero-order valence-electron chi connectivity index (χ0n) is 10.1. The predicted molar refractivity (Wildman–Crippen MR) is 78.9 cm³/mol. The molecule has 0 nitrogen and oxygen atoms in total. The van der Waals surface area contributed by atoms with Crippen molar-refractivity contribution in [2.45, 2.75) is 17.9 Å². The normalized spacial score (nSPS) is 13.6. The molecule has 2 rings (SSSR count). The van der Waals surface area contributed by atoms with Gasteiger partial charge in [0.05, 0.1) is 10.4 Å². The first-order chi connectivity index (χ1) is 9.21. The molecule has 0 spiro atoms. The van der Waals surface area contributed by atoms with E-state index in [2.05, 4.69) is 31.9 Å². The molecule has 0 fully saturated rings. The fraction of sp³-hybridized carbons (Fsp3) is 0.231. The van der Waals surface area contributed by atoms with Gasteiger partial charge >= 0.3 is 6.18 Å². The van der Waals surface area contributed by atoms with Crippen LogP contribution in [0, 0.1) is 12.7 Å². The number of hydrogen-bond acceptors (Lipinski definition) is 1. The van der Waals surface area contributed by atoms with Gasteiger partial charge in [-0.25, -0.2) is 4.39 Å². The van der Waals surface area contributed by atoms with Crippen molar-refractivity contribution >= 4 is 43.2 Å². The topological polar surface area (TPSA) is 0 Å². The number of rotatable bonds is 2. The van der Waals surface area contributed by atoms with Crippen molar-refractivity contribution in [1.29, 1.82) is 0 Å². The molecule has 0 saturated carbocycles. The molecule has 0 radical (unpaired) electrons. The smallest absolute Gasteiger partial charge is 0.206 e. The minimum atomic E-state index is -4.70. The lowest BCUT2D eigenvalue weighted by Gasteiger charge is -2.14. The summed E-state index contributed by atoms with van der Waals surface area (Å²) in [5, 5.41) is 0. The second kappa shape index (κ2) is 5.77. The molecule has 0 saturated heterocycles. The molecule has 108 valence electrons. The average molecular weight is 432 g/mol. The lowest BCUT2D eigenvalue weighted by atomic mass is 10.1. The third-order valence-electron chi connectivity index (χ3n) is 2.73. The molecular formula is C13H8Br2F4S. The van der Waals surface area contributed by atoms with Crippen LogP contribution < -0.4 is 0 Å². The van der Waals surface area contributed by atoms with E-state index in [1.807, 2.05) is 6.92 Å². The molecule has 1 aromatic carbocycles. The Balaban J connectivity index is 2.48. The van der Waals surface area contributed by atoms with E-state index >= 15 is 0 Å². The van der Waals surface area contributed by atoms with Gasteiger partial charge in [-0.15, -0.1) is 11.3 Å². The maximum atomic E-state index is 14.1. The molecule has 20 heavy (non-hydrogen) atoms. The Hall–Kier alpha value is -0.400. The van der Waals surface area contributed by atoms with E-state index in [1.165, 1.54) is 23.5 Å². The zero-order chi connectivity index (χ0) is 15.1. The van der Waals surface area contributed by atoms with E-state index < -0.39 is 22.4 Å². The van der Waals surface area contributed by atoms with Gasteiger partial charge in [-0.05, 0) is 35.0 Å². The number of alkyl halides is 4. The van der Waals surface area contributed by atoms with E-state index in [0.717, 1.165) is 20.3 Å². The van der Waals surface area contributed by atoms with Crippen LogP contribution in [0.1, 0.15) is 25.7 Å². The lowest BCUT2D eigenvalue weighted by molar-refractivity contribution is -0.140. The first kappa shape index (κ1) is 16.0. The molecule has 1 unspecified atom stereocenters. The van der Waals surface area contributed by atoms with Crippen molar-refractivity contribution in [3.8, 4) is 0 Å². The van der Waals surface area contributed by atoms with Gasteiger partial charge in [0.15, 0.2) is 0 Å². The van der Waals surface area contributed by atoms with E-state index in [1.54, 1.807) is 6.07 Å². The van der Waals surface area contributed by atoms with Crippen molar-refractivity contribution in [2.75, 3.05) is 0 Å². The summed E-state index contributed by atoms with van der Waals surface area (Å²) >= 11 is 8.01. The van der Waals surface area contributed by atoms with Gasteiger partial charge in [0, 0.05) is 19.8 Å². The Morgan fingerprint density at radius 1 is 1.25 bits per heavy atom. The number of benzene rings is 1. The molecule has 7 heteroatoms. The summed E-state index contributed by atoms with van der Waals surface area (Å²) in [5.74, 6) is -1.23. The highest BCUT2D eigenvalue weighted by molar-refractivity contribution is 9.10. The summed E-state index contributed by atoms with van der Waals surface area (Å²) in [6.45, 7) is 1.88. The van der Waals surface area contributed by atoms with E-state index in [9.17, 15) is 17.6 Å². The van der Waals surface area contributed by atoms with Crippen LogP contribution in [0.5, 0.6) is 0 Å². The first-order valence-electron chi connectivity index (χ1n) is 5.47. The summed E-state index contributed by atoms with van der Waals surface area (Å²) in [6.07, 6.45) is -4.70. The van der Waals surface area contributed by atoms with Gasteiger partial charge < -0.3 is 0 Å². The largest absolute Gasteiger partial charge is 0.419 e. The quantitative estimate of drug-likeness (QED) is 0.378. The van der Waals surface area contributed by atoms with Gasteiger partial charge in [0.25, 0.3) is 0 Å². The molecule has 0 N–H and O–H groups in total. The molecule has 0 amide bonds. The predicted octanol–water partition coefficient (Wildman–Crippen LogP) is 6.46. The third-order valence-corrected chi connectivity index (χ3v) is 6.22. The Morgan fingerprint density at radius 3 is 2.40 bits per heavy atom. The summed E-state index contributed by atoms with van der Waals surface area (Å²) in [5.41, 5.74) is -1.26. The highest BCUT2D eigenvalue weighted by Crippen LogP contribution is 2.42. The van der Waals surface area contributed by atoms with Crippen LogP contribution in [0.3, 0.4) is 0 Å². The van der Waals surface area contributed by atoms with Crippen LogP contribution in [0.15, 0.2) is 28.7 Å². The second-order valence-electron chi connectivity index (χ2n) is 4.12. The maximum Gasteiger partial charge on any atom is 0.419 e. The van der Waals surface area contributed by atoms with E-state index in [4.69, 9.17) is 0 Å². The molecule has 0 bridgehead atoms. The van der Waals surface area contributed by atoms with Gasteiger partial charge in [0.1, 0.15) is 5.82 Å². The fourth-order valence-electron chi connectivity index (χ4n) is 1.72. The average Bonchev–Trinajstić information content (AvgIpc) is 2.67. The number of halogens is 6. The second-order valence-corrected chi connectivity index (χ2v) is 7.18. The first-order valence-corrected chi connectivity index (χ1v) is 8.00. The van der Waals surface area contributed by atoms with Gasteiger partial charge in [-0.3, -0.25) is 0 Å². The minimum absolute atomic E-state index is 0.0198. The minimum Gasteiger partial charge on any atom is -0.206 e. The van der Waals surface area contributed by atoms with Crippen molar-refractivity contribution in [2.24, 2.45) is 0 Å². The summed E-state index contributed by atoms with van der Waals surface area (Å²) < 4.78 is 53.0. The molecule has 0 aliphatic heterocycles. The summed E-state index contributed by atoms with van der Waals surface area (Å²) in [6, 6.07) is 5.09. The highest BCUT2D eigenvalue weighted by atomic mass is 79.9. The zero-order valence-corrected chi connectivity index (χ0v) is 14.1. The van der Waals surface area contributed by atoms with E-state index in [-0.39, 0.29) is 5.56 Å². The molecular weight excluding hydrogens is 424 g/mol. The molecule has 1 atom stereocenters. The monoisotopic (exact) mass is 430 g/mol. The molecule has 2 aromatic rings. The number of hydrogen-bond donors (Lipinski definition) is 0. The third kappa shape index (κ3) is 3.09. The Bertz CT molecular complexity index is 614. The van der Waals surface area contributed by atoms with Gasteiger partial charge in [0.2, 0.25) is 0 Å². The number of thiophene rings is 1. The van der Waals surface area contributed by atoms with Crippen molar-refractivity contribution in [1.82, 2.24) is 0 Å². The molecule has 0 aliphatic carbocycles. The fourth-order valence-corrected chi connectivity index (χ4v) is 4.05. The Kier molecular flexibility index (Phi) is 4.61. The van der Waals surface area contributed by atoms with Crippen LogP contribution >= 0.6 is 43.2 Å². The standard InChI is InChI=1S/C13H8Br2F4S/c1-6-9(14)5-10(20-6)11(15)7-3-2-4-8(12(7)16)13(17,18)19/h2-5,11H,1H3. The SMILES string of the molecule is Cc1sc(C(Br)c2cccc(C(F)(F)F)c2F)cc1Br. The van der Waals surface area contributed by atoms with Crippen molar-refractivity contribution < 1.29 is 17.6 Å². The van der Waals surface area contributed by atoms with Crippen LogP contribution in [0.4, 0.5) is 17.6 Å². The summed E-state index contributed by atoms with van der Waals surface area (Å²) in [7, 11) is 0. The van der Waals surface area contributed by atoms with Crippen molar-refractivity contribution in [3.63, 3.8) is 0 Å². The number of aryl methyl sites for hydroxylation is 1. The maximum absolute atomic E-state index is 14.1. The summed E-state index contributed by atoms with van der Waals surface area (Å²) in [4.78, 5) is 1.12. The van der Waals surface area contributed by atoms with Crippen LogP contribution in [0.25, 0.3) is 0 Å². The van der Waals surface area contributed by atoms with Gasteiger partial charge in [-0.2, -0.15) is 13.2 Å².